The average Bonchev–Trinajstić information content (AvgIpc) is 3.37. The van der Waals surface area contributed by atoms with Gasteiger partial charge in [0.05, 0.1) is 17.5 Å². The second-order valence-electron chi connectivity index (χ2n) is 8.80. The lowest BCUT2D eigenvalue weighted by Crippen LogP contribution is -2.46. The molecule has 0 spiro atoms. The topological polar surface area (TPSA) is 57.7 Å². The van der Waals surface area contributed by atoms with Crippen LogP contribution in [-0.4, -0.2) is 43.2 Å². The summed E-state index contributed by atoms with van der Waals surface area (Å²) in [4.78, 5) is 17.1. The van der Waals surface area contributed by atoms with Gasteiger partial charge >= 0.3 is 0 Å². The number of hydrogen-bond donors (Lipinski definition) is 0. The number of rotatable bonds is 7. The van der Waals surface area contributed by atoms with E-state index in [0.717, 1.165) is 28.3 Å². The predicted molar refractivity (Wildman–Crippen MR) is 141 cm³/mol. The molecule has 0 saturated carbocycles. The quantitative estimate of drug-likeness (QED) is 0.335. The van der Waals surface area contributed by atoms with Crippen molar-refractivity contribution in [1.82, 2.24) is 9.21 Å². The van der Waals surface area contributed by atoms with E-state index in [2.05, 4.69) is 11.4 Å². The summed E-state index contributed by atoms with van der Waals surface area (Å²) in [5.41, 5.74) is 2.18. The van der Waals surface area contributed by atoms with E-state index in [4.69, 9.17) is 0 Å². The van der Waals surface area contributed by atoms with Crippen molar-refractivity contribution in [3.8, 4) is 0 Å². The third-order valence-corrected chi connectivity index (χ3v) is 9.38. The Labute approximate surface area is 210 Å². The fourth-order valence-electron chi connectivity index (χ4n) is 4.83. The number of fused-ring (bicyclic) bond motifs is 2. The second kappa shape index (κ2) is 9.93. The van der Waals surface area contributed by atoms with E-state index in [1.807, 2.05) is 72.5 Å². The number of nitrogens with zero attached hydrogens (tertiary/aromatic N) is 2. The first kappa shape index (κ1) is 23.7. The maximum atomic E-state index is 13.7. The Morgan fingerprint density at radius 2 is 1.74 bits per heavy atom. The van der Waals surface area contributed by atoms with Gasteiger partial charge in [-0.05, 0) is 58.3 Å². The molecule has 35 heavy (non-hydrogen) atoms. The third kappa shape index (κ3) is 4.63. The van der Waals surface area contributed by atoms with Crippen LogP contribution in [0.4, 0.5) is 0 Å². The van der Waals surface area contributed by atoms with Crippen LogP contribution in [0.25, 0.3) is 10.8 Å². The lowest BCUT2D eigenvalue weighted by Gasteiger charge is -2.37. The Balaban J connectivity index is 1.46. The zero-order valence-corrected chi connectivity index (χ0v) is 21.3. The summed E-state index contributed by atoms with van der Waals surface area (Å²) < 4.78 is 28.6. The molecule has 5 nitrogen and oxygen atoms in total. The fourth-order valence-corrected chi connectivity index (χ4v) is 7.25. The van der Waals surface area contributed by atoms with Crippen molar-refractivity contribution in [2.24, 2.45) is 0 Å². The van der Waals surface area contributed by atoms with Crippen LogP contribution in [0.1, 0.15) is 35.4 Å². The van der Waals surface area contributed by atoms with Crippen LogP contribution in [0.2, 0.25) is 0 Å². The largest absolute Gasteiger partial charge is 0.330 e. The van der Waals surface area contributed by atoms with Crippen LogP contribution in [0.3, 0.4) is 0 Å². The Morgan fingerprint density at radius 3 is 2.51 bits per heavy atom. The molecular weight excluding hydrogens is 476 g/mol. The van der Waals surface area contributed by atoms with Gasteiger partial charge < -0.3 is 4.90 Å². The van der Waals surface area contributed by atoms with Gasteiger partial charge in [-0.1, -0.05) is 67.6 Å². The molecule has 5 rings (SSSR count). The van der Waals surface area contributed by atoms with Crippen LogP contribution >= 0.6 is 11.3 Å². The molecule has 1 amide bonds. The molecule has 2 heterocycles. The van der Waals surface area contributed by atoms with Gasteiger partial charge in [-0.3, -0.25) is 4.79 Å². The highest BCUT2D eigenvalue weighted by atomic mass is 32.2. The molecule has 0 bridgehead atoms. The van der Waals surface area contributed by atoms with E-state index in [1.165, 1.54) is 9.18 Å². The van der Waals surface area contributed by atoms with Gasteiger partial charge in [-0.2, -0.15) is 4.31 Å². The maximum Gasteiger partial charge on any atom is 0.243 e. The second-order valence-corrected chi connectivity index (χ2v) is 11.7. The van der Waals surface area contributed by atoms with E-state index in [0.29, 0.717) is 13.0 Å². The van der Waals surface area contributed by atoms with Gasteiger partial charge in [0.25, 0.3) is 0 Å². The SMILES string of the molecule is CCCN(CC(=O)N1CCc2sccc2C1c1ccccc1)S(=O)(=O)c1ccc2ccccc2c1. The van der Waals surface area contributed by atoms with E-state index in [-0.39, 0.29) is 29.9 Å². The molecule has 0 saturated heterocycles. The lowest BCUT2D eigenvalue weighted by atomic mass is 9.93. The molecule has 1 aliphatic rings. The molecule has 0 radical (unpaired) electrons. The molecule has 7 heteroatoms. The molecule has 1 unspecified atom stereocenters. The Morgan fingerprint density at radius 1 is 1.00 bits per heavy atom. The molecule has 0 N–H and O–H groups in total. The highest BCUT2D eigenvalue weighted by molar-refractivity contribution is 7.89. The highest BCUT2D eigenvalue weighted by Gasteiger charge is 2.35. The standard InChI is InChI=1S/C28H28N2O3S2/c1-2-16-29(35(32,33)24-13-12-21-8-6-7-11-23(21)19-24)20-27(31)30-17-14-26-25(15-18-34-26)28(30)22-9-4-3-5-10-22/h3-13,15,18-19,28H,2,14,16-17,20H2,1H3. The minimum atomic E-state index is -3.83. The van der Waals surface area contributed by atoms with E-state index in [1.54, 1.807) is 23.5 Å². The summed E-state index contributed by atoms with van der Waals surface area (Å²) in [5, 5.41) is 3.92. The first-order chi connectivity index (χ1) is 17.0. The molecule has 1 atom stereocenters. The fraction of sp³-hybridized carbons (Fsp3) is 0.250. The van der Waals surface area contributed by atoms with E-state index < -0.39 is 10.0 Å². The van der Waals surface area contributed by atoms with E-state index in [9.17, 15) is 13.2 Å². The molecule has 4 aromatic rings. The van der Waals surface area contributed by atoms with Gasteiger partial charge in [-0.15, -0.1) is 11.3 Å². The average molecular weight is 505 g/mol. The molecular formula is C28H28N2O3S2. The Hall–Kier alpha value is -3.00. The van der Waals surface area contributed by atoms with Crippen LogP contribution in [0, 0.1) is 0 Å². The van der Waals surface area contributed by atoms with E-state index >= 15 is 0 Å². The number of carbonyl (C=O) groups is 1. The van der Waals surface area contributed by atoms with Crippen molar-refractivity contribution >= 4 is 38.0 Å². The minimum Gasteiger partial charge on any atom is -0.330 e. The first-order valence-electron chi connectivity index (χ1n) is 11.9. The number of sulfonamides is 1. The minimum absolute atomic E-state index is 0.173. The molecule has 1 aromatic heterocycles. The summed E-state index contributed by atoms with van der Waals surface area (Å²) in [6, 6.07) is 24.7. The van der Waals surface area contributed by atoms with Crippen molar-refractivity contribution in [3.05, 3.63) is 100 Å². The maximum absolute atomic E-state index is 13.7. The number of amides is 1. The Bertz CT molecular complexity index is 1450. The normalized spacial score (nSPS) is 15.9. The zero-order valence-electron chi connectivity index (χ0n) is 19.6. The predicted octanol–water partition coefficient (Wildman–Crippen LogP) is 5.48. The molecule has 1 aliphatic heterocycles. The number of carbonyl (C=O) groups excluding carboxylic acids is 1. The van der Waals surface area contributed by atoms with Crippen LogP contribution in [-0.2, 0) is 21.2 Å². The summed E-state index contributed by atoms with van der Waals surface area (Å²) in [6.45, 7) is 2.61. The number of benzene rings is 3. The van der Waals surface area contributed by atoms with Crippen molar-refractivity contribution in [2.75, 3.05) is 19.6 Å². The zero-order chi connectivity index (χ0) is 24.4. The van der Waals surface area contributed by atoms with Gasteiger partial charge in [-0.25, -0.2) is 8.42 Å². The van der Waals surface area contributed by atoms with Crippen molar-refractivity contribution in [3.63, 3.8) is 0 Å². The van der Waals surface area contributed by atoms with Crippen molar-refractivity contribution in [2.45, 2.75) is 30.7 Å². The van der Waals surface area contributed by atoms with Gasteiger partial charge in [0.2, 0.25) is 15.9 Å². The summed E-state index contributed by atoms with van der Waals surface area (Å²) >= 11 is 1.72. The molecule has 0 fully saturated rings. The number of hydrogen-bond acceptors (Lipinski definition) is 4. The van der Waals surface area contributed by atoms with Gasteiger partial charge in [0, 0.05) is 18.0 Å². The van der Waals surface area contributed by atoms with Crippen molar-refractivity contribution < 1.29 is 13.2 Å². The summed E-state index contributed by atoms with van der Waals surface area (Å²) in [6.07, 6.45) is 1.41. The van der Waals surface area contributed by atoms with Crippen LogP contribution in [0.15, 0.2) is 89.1 Å². The smallest absolute Gasteiger partial charge is 0.243 e. The highest BCUT2D eigenvalue weighted by Crippen LogP contribution is 2.38. The Kier molecular flexibility index (Phi) is 6.73. The van der Waals surface area contributed by atoms with Crippen molar-refractivity contribution in [1.29, 1.82) is 0 Å². The van der Waals surface area contributed by atoms with Crippen LogP contribution < -0.4 is 0 Å². The molecule has 0 aliphatic carbocycles. The molecule has 3 aromatic carbocycles. The lowest BCUT2D eigenvalue weighted by molar-refractivity contribution is -0.133. The third-order valence-electron chi connectivity index (χ3n) is 6.54. The summed E-state index contributed by atoms with van der Waals surface area (Å²) in [7, 11) is -3.83. The monoisotopic (exact) mass is 504 g/mol. The van der Waals surface area contributed by atoms with Gasteiger partial charge in [0.1, 0.15) is 0 Å². The van der Waals surface area contributed by atoms with Crippen LogP contribution in [0.5, 0.6) is 0 Å². The van der Waals surface area contributed by atoms with Gasteiger partial charge in [0.15, 0.2) is 0 Å². The summed E-state index contributed by atoms with van der Waals surface area (Å²) in [5.74, 6) is -0.173. The first-order valence-corrected chi connectivity index (χ1v) is 14.2. The molecule has 180 valence electrons. The number of thiophene rings is 1.